The maximum absolute atomic E-state index is 12.8. The molecule has 2 N–H and O–H groups in total. The number of hydrogen-bond acceptors (Lipinski definition) is 9. The quantitative estimate of drug-likeness (QED) is 0.495. The lowest BCUT2D eigenvalue weighted by molar-refractivity contribution is -0.118. The van der Waals surface area contributed by atoms with Crippen LogP contribution in [0, 0.1) is 6.92 Å². The van der Waals surface area contributed by atoms with Crippen LogP contribution in [-0.4, -0.2) is 59.7 Å². The number of hydrogen-bond donors (Lipinski definition) is 2. The van der Waals surface area contributed by atoms with Crippen molar-refractivity contribution in [2.75, 3.05) is 42.8 Å². The zero-order valence-corrected chi connectivity index (χ0v) is 18.9. The maximum Gasteiger partial charge on any atom is 0.236 e. The Labute approximate surface area is 185 Å². The number of aromatic nitrogens is 4. The number of nitrogens with zero attached hydrogens (tertiary/aromatic N) is 5. The van der Waals surface area contributed by atoms with E-state index in [9.17, 15) is 4.79 Å². The van der Waals surface area contributed by atoms with Crippen molar-refractivity contribution in [3.8, 4) is 0 Å². The molecule has 2 aromatic heterocycles. The van der Waals surface area contributed by atoms with Crippen molar-refractivity contribution in [3.63, 3.8) is 0 Å². The Hall–Kier alpha value is -3.11. The van der Waals surface area contributed by atoms with Gasteiger partial charge in [0.25, 0.3) is 0 Å². The standard InChI is InChI=1S/C21H27N7O2S/c1-14-10-11-18(25-24-14)28(3)12-15(2)22-20-26-27-21(31-20)23-19(29)17(13-30-4)16-8-6-5-7-9-16/h5-11,15,17H,12-13H2,1-4H3,(H,22,26)(H,23,27,29)/t15-,17-/m1/s1. The Bertz CT molecular complexity index is 965. The molecule has 0 radical (unpaired) electrons. The monoisotopic (exact) mass is 441 g/mol. The highest BCUT2D eigenvalue weighted by molar-refractivity contribution is 7.19. The number of amides is 1. The Balaban J connectivity index is 1.56. The van der Waals surface area contributed by atoms with Crippen LogP contribution in [0.2, 0.25) is 0 Å². The van der Waals surface area contributed by atoms with Crippen LogP contribution < -0.4 is 15.5 Å². The molecule has 0 aliphatic heterocycles. The first kappa shape index (κ1) is 22.6. The normalized spacial score (nSPS) is 12.8. The van der Waals surface area contributed by atoms with Crippen LogP contribution in [-0.2, 0) is 9.53 Å². The lowest BCUT2D eigenvalue weighted by Crippen LogP contribution is -2.32. The van der Waals surface area contributed by atoms with Crippen LogP contribution >= 0.6 is 11.3 Å². The topological polar surface area (TPSA) is 105 Å². The van der Waals surface area contributed by atoms with Gasteiger partial charge in [0, 0.05) is 26.7 Å². The third kappa shape index (κ3) is 6.43. The Morgan fingerprint density at radius 3 is 2.52 bits per heavy atom. The van der Waals surface area contributed by atoms with Gasteiger partial charge >= 0.3 is 0 Å². The van der Waals surface area contributed by atoms with Gasteiger partial charge in [-0.25, -0.2) is 0 Å². The molecule has 0 aliphatic rings. The zero-order valence-electron chi connectivity index (χ0n) is 18.1. The summed E-state index contributed by atoms with van der Waals surface area (Å²) in [5.74, 6) is 0.200. The van der Waals surface area contributed by atoms with Crippen molar-refractivity contribution in [3.05, 3.63) is 53.7 Å². The minimum Gasteiger partial charge on any atom is -0.384 e. The van der Waals surface area contributed by atoms with Gasteiger partial charge in [0.05, 0.1) is 18.2 Å². The molecule has 164 valence electrons. The number of carbonyl (C=O) groups is 1. The number of methoxy groups -OCH3 is 1. The molecular formula is C21H27N7O2S. The molecule has 3 rings (SSSR count). The number of anilines is 3. The Kier molecular flexibility index (Phi) is 7.85. The van der Waals surface area contributed by atoms with Gasteiger partial charge < -0.3 is 15.0 Å². The van der Waals surface area contributed by atoms with Gasteiger partial charge in [-0.3, -0.25) is 10.1 Å². The fourth-order valence-electron chi connectivity index (χ4n) is 3.06. The van der Waals surface area contributed by atoms with Gasteiger partial charge in [-0.15, -0.1) is 15.3 Å². The summed E-state index contributed by atoms with van der Waals surface area (Å²) in [7, 11) is 3.54. The molecule has 0 aliphatic carbocycles. The van der Waals surface area contributed by atoms with Gasteiger partial charge in [0.1, 0.15) is 0 Å². The van der Waals surface area contributed by atoms with Crippen LogP contribution in [0.5, 0.6) is 0 Å². The summed E-state index contributed by atoms with van der Waals surface area (Å²) in [5.41, 5.74) is 1.77. The molecule has 2 atom stereocenters. The summed E-state index contributed by atoms with van der Waals surface area (Å²) < 4.78 is 5.23. The summed E-state index contributed by atoms with van der Waals surface area (Å²) in [6.07, 6.45) is 0. The molecule has 10 heteroatoms. The fraction of sp³-hybridized carbons (Fsp3) is 0.381. The Morgan fingerprint density at radius 2 is 1.84 bits per heavy atom. The van der Waals surface area contributed by atoms with Crippen LogP contribution in [0.1, 0.15) is 24.1 Å². The first-order chi connectivity index (χ1) is 15.0. The predicted molar refractivity (Wildman–Crippen MR) is 123 cm³/mol. The van der Waals surface area contributed by atoms with Gasteiger partial charge in [0.15, 0.2) is 5.82 Å². The van der Waals surface area contributed by atoms with Crippen LogP contribution in [0.4, 0.5) is 16.1 Å². The van der Waals surface area contributed by atoms with E-state index in [0.29, 0.717) is 16.8 Å². The second kappa shape index (κ2) is 10.8. The molecule has 3 aromatic rings. The minimum atomic E-state index is -0.422. The third-order valence-electron chi connectivity index (χ3n) is 4.60. The highest BCUT2D eigenvalue weighted by Crippen LogP contribution is 2.24. The van der Waals surface area contributed by atoms with Crippen LogP contribution in [0.3, 0.4) is 0 Å². The largest absolute Gasteiger partial charge is 0.384 e. The second-order valence-electron chi connectivity index (χ2n) is 7.28. The molecule has 1 aromatic carbocycles. The predicted octanol–water partition coefficient (Wildman–Crippen LogP) is 2.94. The Morgan fingerprint density at radius 1 is 1.10 bits per heavy atom. The molecule has 0 fully saturated rings. The van der Waals surface area contributed by atoms with Crippen molar-refractivity contribution >= 4 is 33.3 Å². The number of rotatable bonds is 10. The van der Waals surface area contributed by atoms with Crippen molar-refractivity contribution in [2.45, 2.75) is 25.8 Å². The molecule has 2 heterocycles. The van der Waals surface area contributed by atoms with E-state index in [-0.39, 0.29) is 18.6 Å². The van der Waals surface area contributed by atoms with E-state index in [0.717, 1.165) is 17.1 Å². The molecule has 1 amide bonds. The lowest BCUT2D eigenvalue weighted by Gasteiger charge is -2.22. The average Bonchev–Trinajstić information content (AvgIpc) is 3.19. The van der Waals surface area contributed by atoms with Gasteiger partial charge in [-0.1, -0.05) is 41.7 Å². The summed E-state index contributed by atoms with van der Waals surface area (Å²) >= 11 is 1.29. The highest BCUT2D eigenvalue weighted by Gasteiger charge is 2.22. The number of carbonyl (C=O) groups excluding carboxylic acids is 1. The van der Waals surface area contributed by atoms with E-state index < -0.39 is 5.92 Å². The molecule has 0 spiro atoms. The molecule has 9 nitrogen and oxygen atoms in total. The summed E-state index contributed by atoms with van der Waals surface area (Å²) in [4.78, 5) is 14.8. The van der Waals surface area contributed by atoms with Gasteiger partial charge in [-0.05, 0) is 31.5 Å². The SMILES string of the molecule is COC[C@@H](C(=O)Nc1nnc(N[C@H](C)CN(C)c2ccc(C)nn2)s1)c1ccccc1. The lowest BCUT2D eigenvalue weighted by atomic mass is 9.99. The van der Waals surface area contributed by atoms with E-state index in [4.69, 9.17) is 4.74 Å². The smallest absolute Gasteiger partial charge is 0.236 e. The first-order valence-electron chi connectivity index (χ1n) is 9.92. The van der Waals surface area contributed by atoms with Crippen molar-refractivity contribution in [1.29, 1.82) is 0 Å². The van der Waals surface area contributed by atoms with E-state index in [1.807, 2.05) is 68.3 Å². The number of aryl methyl sites for hydroxylation is 1. The number of nitrogens with one attached hydrogen (secondary N) is 2. The summed E-state index contributed by atoms with van der Waals surface area (Å²) in [6, 6.07) is 13.5. The minimum absolute atomic E-state index is 0.0789. The summed E-state index contributed by atoms with van der Waals surface area (Å²) in [5, 5.41) is 23.8. The second-order valence-corrected chi connectivity index (χ2v) is 8.26. The molecule has 0 saturated heterocycles. The molecule has 31 heavy (non-hydrogen) atoms. The molecule has 0 bridgehead atoms. The maximum atomic E-state index is 12.8. The van der Waals surface area contributed by atoms with Crippen LogP contribution in [0.25, 0.3) is 0 Å². The van der Waals surface area contributed by atoms with E-state index in [1.54, 1.807) is 7.11 Å². The van der Waals surface area contributed by atoms with Gasteiger partial charge in [-0.2, -0.15) is 5.10 Å². The van der Waals surface area contributed by atoms with Gasteiger partial charge in [0.2, 0.25) is 16.2 Å². The van der Waals surface area contributed by atoms with E-state index in [1.165, 1.54) is 11.3 Å². The molecule has 0 unspecified atom stereocenters. The highest BCUT2D eigenvalue weighted by atomic mass is 32.1. The number of ether oxygens (including phenoxy) is 1. The van der Waals surface area contributed by atoms with Crippen molar-refractivity contribution in [1.82, 2.24) is 20.4 Å². The van der Waals surface area contributed by atoms with Crippen molar-refractivity contribution in [2.24, 2.45) is 0 Å². The van der Waals surface area contributed by atoms with E-state index in [2.05, 4.69) is 31.0 Å². The van der Waals surface area contributed by atoms with Crippen LogP contribution in [0.15, 0.2) is 42.5 Å². The fourth-order valence-corrected chi connectivity index (χ4v) is 3.81. The number of likely N-dealkylation sites (N-methyl/N-ethyl adjacent to an activating group) is 1. The van der Waals surface area contributed by atoms with Crippen molar-refractivity contribution < 1.29 is 9.53 Å². The molecular weight excluding hydrogens is 414 g/mol. The zero-order chi connectivity index (χ0) is 22.2. The third-order valence-corrected chi connectivity index (χ3v) is 5.37. The molecule has 0 saturated carbocycles. The average molecular weight is 442 g/mol. The van der Waals surface area contributed by atoms with E-state index >= 15 is 0 Å². The summed E-state index contributed by atoms with van der Waals surface area (Å²) in [6.45, 7) is 4.93. The first-order valence-corrected chi connectivity index (χ1v) is 10.7. The number of benzene rings is 1.